The fraction of sp³-hybridized carbons (Fsp3) is 0.571. The monoisotopic (exact) mass is 316 g/mol. The summed E-state index contributed by atoms with van der Waals surface area (Å²) in [6, 6.07) is 5.58. The van der Waals surface area contributed by atoms with Gasteiger partial charge in [-0.15, -0.1) is 0 Å². The Labute approximate surface area is 118 Å². The van der Waals surface area contributed by atoms with E-state index in [4.69, 9.17) is 14.2 Å². The van der Waals surface area contributed by atoms with Crippen molar-refractivity contribution in [3.63, 3.8) is 0 Å². The second kappa shape index (κ2) is 8.25. The van der Waals surface area contributed by atoms with Crippen molar-refractivity contribution in [2.45, 2.75) is 19.8 Å². The van der Waals surface area contributed by atoms with Crippen LogP contribution in [0, 0.1) is 5.92 Å². The van der Waals surface area contributed by atoms with E-state index in [1.54, 1.807) is 14.2 Å². The minimum Gasteiger partial charge on any atom is -0.496 e. The van der Waals surface area contributed by atoms with E-state index in [2.05, 4.69) is 22.9 Å². The lowest BCUT2D eigenvalue weighted by Gasteiger charge is -2.15. The number of ether oxygens (including phenoxy) is 3. The van der Waals surface area contributed by atoms with Crippen molar-refractivity contribution in [3.8, 4) is 17.2 Å². The van der Waals surface area contributed by atoms with Crippen molar-refractivity contribution in [3.05, 3.63) is 18.2 Å². The molecule has 102 valence electrons. The molecule has 0 aromatic heterocycles. The SMILES string of the molecule is CCCC(CBr)COc1cc(OC)cc(OC)c1. The van der Waals surface area contributed by atoms with Gasteiger partial charge in [-0.3, -0.25) is 0 Å². The van der Waals surface area contributed by atoms with Gasteiger partial charge in [0.25, 0.3) is 0 Å². The van der Waals surface area contributed by atoms with Crippen molar-refractivity contribution in [1.29, 1.82) is 0 Å². The summed E-state index contributed by atoms with van der Waals surface area (Å²) >= 11 is 3.52. The Morgan fingerprint density at radius 1 is 1.06 bits per heavy atom. The molecule has 0 N–H and O–H groups in total. The lowest BCUT2D eigenvalue weighted by molar-refractivity contribution is 0.252. The number of rotatable bonds is 8. The maximum absolute atomic E-state index is 5.81. The smallest absolute Gasteiger partial charge is 0.126 e. The van der Waals surface area contributed by atoms with Crippen LogP contribution in [-0.4, -0.2) is 26.2 Å². The van der Waals surface area contributed by atoms with Crippen molar-refractivity contribution >= 4 is 15.9 Å². The van der Waals surface area contributed by atoms with Crippen LogP contribution in [0.2, 0.25) is 0 Å². The first-order valence-corrected chi connectivity index (χ1v) is 7.27. The van der Waals surface area contributed by atoms with Gasteiger partial charge in [0.05, 0.1) is 20.8 Å². The molecule has 1 aromatic rings. The van der Waals surface area contributed by atoms with Gasteiger partial charge in [0.15, 0.2) is 0 Å². The highest BCUT2D eigenvalue weighted by atomic mass is 79.9. The van der Waals surface area contributed by atoms with Crippen LogP contribution in [-0.2, 0) is 0 Å². The third-order valence-electron chi connectivity index (χ3n) is 2.73. The Morgan fingerprint density at radius 3 is 2.06 bits per heavy atom. The number of alkyl halides is 1. The molecule has 1 rings (SSSR count). The molecule has 0 saturated heterocycles. The summed E-state index contributed by atoms with van der Waals surface area (Å²) < 4.78 is 16.2. The second-order valence-corrected chi connectivity index (χ2v) is 4.82. The first-order chi connectivity index (χ1) is 8.73. The topological polar surface area (TPSA) is 27.7 Å². The van der Waals surface area contributed by atoms with Crippen LogP contribution in [0.3, 0.4) is 0 Å². The van der Waals surface area contributed by atoms with Crippen molar-refractivity contribution in [2.75, 3.05) is 26.2 Å². The molecule has 0 radical (unpaired) electrons. The number of halogens is 1. The highest BCUT2D eigenvalue weighted by molar-refractivity contribution is 9.09. The van der Waals surface area contributed by atoms with Crippen LogP contribution in [0.4, 0.5) is 0 Å². The average molecular weight is 317 g/mol. The molecule has 0 aliphatic heterocycles. The quantitative estimate of drug-likeness (QED) is 0.681. The first kappa shape index (κ1) is 15.2. The van der Waals surface area contributed by atoms with Crippen LogP contribution in [0.25, 0.3) is 0 Å². The predicted octanol–water partition coefficient (Wildman–Crippen LogP) is 3.89. The molecule has 0 fully saturated rings. The van der Waals surface area contributed by atoms with Crippen molar-refractivity contribution in [2.24, 2.45) is 5.92 Å². The lowest BCUT2D eigenvalue weighted by atomic mass is 10.1. The standard InChI is InChI=1S/C14H21BrO3/c1-4-5-11(9-15)10-18-14-7-12(16-2)6-13(8-14)17-3/h6-8,11H,4-5,9-10H2,1-3H3. The van der Waals surface area contributed by atoms with Gasteiger partial charge in [0.2, 0.25) is 0 Å². The summed E-state index contributed by atoms with van der Waals surface area (Å²) in [6.45, 7) is 2.89. The number of benzene rings is 1. The molecule has 0 heterocycles. The molecule has 0 amide bonds. The summed E-state index contributed by atoms with van der Waals surface area (Å²) in [6.07, 6.45) is 2.33. The van der Waals surface area contributed by atoms with Gasteiger partial charge in [0.1, 0.15) is 17.2 Å². The summed E-state index contributed by atoms with van der Waals surface area (Å²) in [5.41, 5.74) is 0. The van der Waals surface area contributed by atoms with Gasteiger partial charge >= 0.3 is 0 Å². The molecule has 0 aliphatic rings. The minimum absolute atomic E-state index is 0.534. The Kier molecular flexibility index (Phi) is 6.94. The zero-order valence-corrected chi connectivity index (χ0v) is 12.8. The molecular formula is C14H21BrO3. The third kappa shape index (κ3) is 4.77. The van der Waals surface area contributed by atoms with Crippen LogP contribution < -0.4 is 14.2 Å². The number of hydrogen-bond acceptors (Lipinski definition) is 3. The number of hydrogen-bond donors (Lipinski definition) is 0. The molecule has 1 aromatic carbocycles. The predicted molar refractivity (Wildman–Crippen MR) is 77.2 cm³/mol. The molecule has 0 bridgehead atoms. The van der Waals surface area contributed by atoms with E-state index in [1.165, 1.54) is 6.42 Å². The minimum atomic E-state index is 0.534. The summed E-state index contributed by atoms with van der Waals surface area (Å²) in [5, 5.41) is 0.960. The fourth-order valence-corrected chi connectivity index (χ4v) is 2.20. The largest absolute Gasteiger partial charge is 0.496 e. The Balaban J connectivity index is 2.65. The van der Waals surface area contributed by atoms with Gasteiger partial charge in [-0.25, -0.2) is 0 Å². The Bertz CT molecular complexity index is 333. The molecular weight excluding hydrogens is 296 g/mol. The van der Waals surface area contributed by atoms with Crippen molar-refractivity contribution in [1.82, 2.24) is 0 Å². The second-order valence-electron chi connectivity index (χ2n) is 4.17. The zero-order chi connectivity index (χ0) is 13.4. The molecule has 3 nitrogen and oxygen atoms in total. The lowest BCUT2D eigenvalue weighted by Crippen LogP contribution is -2.13. The van der Waals surface area contributed by atoms with E-state index in [1.807, 2.05) is 18.2 Å². The van der Waals surface area contributed by atoms with Crippen LogP contribution >= 0.6 is 15.9 Å². The molecule has 1 atom stereocenters. The summed E-state index contributed by atoms with van der Waals surface area (Å²) in [7, 11) is 3.27. The molecule has 0 spiro atoms. The molecule has 18 heavy (non-hydrogen) atoms. The van der Waals surface area contributed by atoms with E-state index in [0.29, 0.717) is 12.5 Å². The Morgan fingerprint density at radius 2 is 1.61 bits per heavy atom. The summed E-state index contributed by atoms with van der Waals surface area (Å²) in [5.74, 6) is 2.81. The normalized spacial score (nSPS) is 12.0. The molecule has 0 saturated carbocycles. The third-order valence-corrected chi connectivity index (χ3v) is 3.64. The van der Waals surface area contributed by atoms with Gasteiger partial charge < -0.3 is 14.2 Å². The van der Waals surface area contributed by atoms with Crippen molar-refractivity contribution < 1.29 is 14.2 Å². The maximum Gasteiger partial charge on any atom is 0.126 e. The van der Waals surface area contributed by atoms with E-state index < -0.39 is 0 Å². The van der Waals surface area contributed by atoms with Gasteiger partial charge in [-0.1, -0.05) is 29.3 Å². The highest BCUT2D eigenvalue weighted by Gasteiger charge is 2.08. The highest BCUT2D eigenvalue weighted by Crippen LogP contribution is 2.28. The fourth-order valence-electron chi connectivity index (χ4n) is 1.69. The maximum atomic E-state index is 5.81. The van der Waals surface area contributed by atoms with Gasteiger partial charge in [-0.05, 0) is 6.42 Å². The van der Waals surface area contributed by atoms with Gasteiger partial charge in [0, 0.05) is 29.4 Å². The Hall–Kier alpha value is -0.900. The van der Waals surface area contributed by atoms with Crippen LogP contribution in [0.15, 0.2) is 18.2 Å². The van der Waals surface area contributed by atoms with Crippen LogP contribution in [0.1, 0.15) is 19.8 Å². The molecule has 4 heteroatoms. The number of methoxy groups -OCH3 is 2. The molecule has 0 aliphatic carbocycles. The first-order valence-electron chi connectivity index (χ1n) is 6.15. The zero-order valence-electron chi connectivity index (χ0n) is 11.2. The van der Waals surface area contributed by atoms with E-state index in [9.17, 15) is 0 Å². The summed E-state index contributed by atoms with van der Waals surface area (Å²) in [4.78, 5) is 0. The van der Waals surface area contributed by atoms with Gasteiger partial charge in [-0.2, -0.15) is 0 Å². The van der Waals surface area contributed by atoms with Crippen LogP contribution in [0.5, 0.6) is 17.2 Å². The average Bonchev–Trinajstić information content (AvgIpc) is 2.42. The van der Waals surface area contributed by atoms with E-state index >= 15 is 0 Å². The van der Waals surface area contributed by atoms with E-state index in [0.717, 1.165) is 29.0 Å². The van der Waals surface area contributed by atoms with E-state index in [-0.39, 0.29) is 0 Å². The molecule has 1 unspecified atom stereocenters.